The summed E-state index contributed by atoms with van der Waals surface area (Å²) in [6.07, 6.45) is 0. The average Bonchev–Trinajstić information content (AvgIpc) is 2.00. The fraction of sp³-hybridized carbons (Fsp3) is 0.333. The Labute approximate surface area is 88.3 Å². The van der Waals surface area contributed by atoms with E-state index in [1.165, 1.54) is 0 Å². The average molecular weight is 220 g/mol. The van der Waals surface area contributed by atoms with E-state index in [1.54, 1.807) is 6.07 Å². The molecule has 1 aromatic carbocycles. The van der Waals surface area contributed by atoms with Crippen LogP contribution < -0.4 is 5.32 Å². The predicted molar refractivity (Wildman–Crippen MR) is 55.5 cm³/mol. The van der Waals surface area contributed by atoms with Crippen molar-refractivity contribution in [1.29, 1.82) is 0 Å². The Balaban J connectivity index is 0.000000845. The Bertz CT molecular complexity index is 299. The minimum absolute atomic E-state index is 0. The van der Waals surface area contributed by atoms with Crippen molar-refractivity contribution in [3.8, 4) is 0 Å². The zero-order valence-electron chi connectivity index (χ0n) is 6.96. The highest BCUT2D eigenvalue weighted by Crippen LogP contribution is 2.26. The molecular formula is C9H11Cl2NO. The number of hydrogen-bond acceptors (Lipinski definition) is 2. The molecule has 2 rings (SSSR count). The number of aliphatic hydroxyl groups is 1. The van der Waals surface area contributed by atoms with E-state index in [2.05, 4.69) is 5.32 Å². The van der Waals surface area contributed by atoms with Crippen LogP contribution in [0.5, 0.6) is 0 Å². The molecule has 72 valence electrons. The summed E-state index contributed by atoms with van der Waals surface area (Å²) in [6, 6.07) is 7.36. The van der Waals surface area contributed by atoms with Gasteiger partial charge in [0, 0.05) is 18.1 Å². The van der Waals surface area contributed by atoms with Crippen LogP contribution in [0.2, 0.25) is 5.02 Å². The first-order valence-corrected chi connectivity index (χ1v) is 4.28. The SMILES string of the molecule is Cl.OC1(c2cccc(Cl)c2)CNC1. The molecule has 0 aromatic heterocycles. The Hall–Kier alpha value is -0.280. The van der Waals surface area contributed by atoms with Crippen LogP contribution in [-0.4, -0.2) is 18.2 Å². The minimum atomic E-state index is -0.690. The van der Waals surface area contributed by atoms with Gasteiger partial charge in [-0.25, -0.2) is 0 Å². The molecule has 0 spiro atoms. The number of hydrogen-bond donors (Lipinski definition) is 2. The van der Waals surface area contributed by atoms with Gasteiger partial charge in [-0.05, 0) is 17.7 Å². The molecule has 0 aliphatic carbocycles. The van der Waals surface area contributed by atoms with Gasteiger partial charge in [0.2, 0.25) is 0 Å². The molecule has 0 atom stereocenters. The molecule has 2 N–H and O–H groups in total. The van der Waals surface area contributed by atoms with Gasteiger partial charge in [-0.3, -0.25) is 0 Å². The second kappa shape index (κ2) is 3.84. The van der Waals surface area contributed by atoms with Crippen LogP contribution in [0.4, 0.5) is 0 Å². The molecule has 0 saturated carbocycles. The Morgan fingerprint density at radius 1 is 1.38 bits per heavy atom. The van der Waals surface area contributed by atoms with E-state index in [0.717, 1.165) is 5.56 Å². The lowest BCUT2D eigenvalue weighted by Gasteiger charge is -2.38. The highest BCUT2D eigenvalue weighted by atomic mass is 35.5. The fourth-order valence-electron chi connectivity index (χ4n) is 1.34. The molecule has 1 fully saturated rings. The van der Waals surface area contributed by atoms with Crippen molar-refractivity contribution in [3.63, 3.8) is 0 Å². The first-order chi connectivity index (χ1) is 5.71. The molecule has 13 heavy (non-hydrogen) atoms. The number of halogens is 2. The van der Waals surface area contributed by atoms with Crippen LogP contribution >= 0.6 is 24.0 Å². The lowest BCUT2D eigenvalue weighted by molar-refractivity contribution is -0.0146. The summed E-state index contributed by atoms with van der Waals surface area (Å²) in [5, 5.41) is 13.6. The number of benzene rings is 1. The summed E-state index contributed by atoms with van der Waals surface area (Å²) in [7, 11) is 0. The number of rotatable bonds is 1. The molecule has 2 nitrogen and oxygen atoms in total. The van der Waals surface area contributed by atoms with Gasteiger partial charge < -0.3 is 10.4 Å². The monoisotopic (exact) mass is 219 g/mol. The third kappa shape index (κ3) is 1.97. The molecule has 0 radical (unpaired) electrons. The summed E-state index contributed by atoms with van der Waals surface area (Å²) in [5.74, 6) is 0. The van der Waals surface area contributed by atoms with Crippen LogP contribution in [0.1, 0.15) is 5.56 Å². The molecular weight excluding hydrogens is 209 g/mol. The molecule has 0 bridgehead atoms. The van der Waals surface area contributed by atoms with Gasteiger partial charge in [-0.15, -0.1) is 12.4 Å². The van der Waals surface area contributed by atoms with E-state index in [9.17, 15) is 5.11 Å². The summed E-state index contributed by atoms with van der Waals surface area (Å²) in [4.78, 5) is 0. The van der Waals surface area contributed by atoms with Crippen LogP contribution in [-0.2, 0) is 5.60 Å². The molecule has 1 aliphatic heterocycles. The van der Waals surface area contributed by atoms with Crippen molar-refractivity contribution in [3.05, 3.63) is 34.9 Å². The minimum Gasteiger partial charge on any atom is -0.382 e. The Morgan fingerprint density at radius 3 is 2.54 bits per heavy atom. The second-order valence-corrected chi connectivity index (χ2v) is 3.58. The maximum Gasteiger partial charge on any atom is 0.114 e. The van der Waals surface area contributed by atoms with Crippen LogP contribution in [0.3, 0.4) is 0 Å². The van der Waals surface area contributed by atoms with Crippen molar-refractivity contribution >= 4 is 24.0 Å². The Morgan fingerprint density at radius 2 is 2.08 bits per heavy atom. The zero-order chi connectivity index (χ0) is 8.60. The van der Waals surface area contributed by atoms with Crippen LogP contribution in [0, 0.1) is 0 Å². The van der Waals surface area contributed by atoms with Crippen molar-refractivity contribution < 1.29 is 5.11 Å². The van der Waals surface area contributed by atoms with E-state index in [0.29, 0.717) is 18.1 Å². The van der Waals surface area contributed by atoms with E-state index in [-0.39, 0.29) is 12.4 Å². The van der Waals surface area contributed by atoms with Gasteiger partial charge in [-0.1, -0.05) is 23.7 Å². The van der Waals surface area contributed by atoms with Gasteiger partial charge in [0.15, 0.2) is 0 Å². The fourth-order valence-corrected chi connectivity index (χ4v) is 1.53. The molecule has 1 aromatic rings. The number of nitrogens with one attached hydrogen (secondary N) is 1. The quantitative estimate of drug-likeness (QED) is 0.752. The third-order valence-electron chi connectivity index (χ3n) is 2.20. The van der Waals surface area contributed by atoms with Crippen molar-refractivity contribution in [2.24, 2.45) is 0 Å². The van der Waals surface area contributed by atoms with E-state index >= 15 is 0 Å². The van der Waals surface area contributed by atoms with Crippen molar-refractivity contribution in [2.75, 3.05) is 13.1 Å². The highest BCUT2D eigenvalue weighted by molar-refractivity contribution is 6.30. The molecule has 1 heterocycles. The standard InChI is InChI=1S/C9H10ClNO.ClH/c10-8-3-1-2-7(4-8)9(12)5-11-6-9;/h1-4,11-12H,5-6H2;1H. The maximum atomic E-state index is 9.88. The van der Waals surface area contributed by atoms with Crippen molar-refractivity contribution in [1.82, 2.24) is 5.32 Å². The summed E-state index contributed by atoms with van der Waals surface area (Å²) in [6.45, 7) is 1.24. The molecule has 0 unspecified atom stereocenters. The largest absolute Gasteiger partial charge is 0.382 e. The zero-order valence-corrected chi connectivity index (χ0v) is 8.53. The first-order valence-electron chi connectivity index (χ1n) is 3.90. The van der Waals surface area contributed by atoms with E-state index in [4.69, 9.17) is 11.6 Å². The summed E-state index contributed by atoms with van der Waals surface area (Å²) in [5.41, 5.74) is 0.207. The summed E-state index contributed by atoms with van der Waals surface area (Å²) >= 11 is 5.80. The lowest BCUT2D eigenvalue weighted by Crippen LogP contribution is -2.56. The van der Waals surface area contributed by atoms with E-state index < -0.39 is 5.60 Å². The Kier molecular flexibility index (Phi) is 3.19. The summed E-state index contributed by atoms with van der Waals surface area (Å²) < 4.78 is 0. The van der Waals surface area contributed by atoms with Crippen molar-refractivity contribution in [2.45, 2.75) is 5.60 Å². The topological polar surface area (TPSA) is 32.3 Å². The van der Waals surface area contributed by atoms with Gasteiger partial charge in [0.25, 0.3) is 0 Å². The van der Waals surface area contributed by atoms with Crippen LogP contribution in [0.15, 0.2) is 24.3 Å². The van der Waals surface area contributed by atoms with Gasteiger partial charge in [0.05, 0.1) is 0 Å². The predicted octanol–water partition coefficient (Wildman–Crippen LogP) is 1.55. The molecule has 1 saturated heterocycles. The number of β-amino-alcohol motifs (C(OH)–C–C–N with tert-alkyl or cyclic N) is 1. The van der Waals surface area contributed by atoms with E-state index in [1.807, 2.05) is 18.2 Å². The second-order valence-electron chi connectivity index (χ2n) is 3.15. The van der Waals surface area contributed by atoms with Gasteiger partial charge in [-0.2, -0.15) is 0 Å². The molecule has 1 aliphatic rings. The smallest absolute Gasteiger partial charge is 0.114 e. The van der Waals surface area contributed by atoms with Crippen LogP contribution in [0.25, 0.3) is 0 Å². The van der Waals surface area contributed by atoms with Gasteiger partial charge in [0.1, 0.15) is 5.60 Å². The molecule has 4 heteroatoms. The molecule has 0 amide bonds. The highest BCUT2D eigenvalue weighted by Gasteiger charge is 2.35. The first kappa shape index (κ1) is 10.8. The maximum absolute atomic E-state index is 9.88. The van der Waals surface area contributed by atoms with Gasteiger partial charge >= 0.3 is 0 Å². The lowest BCUT2D eigenvalue weighted by atomic mass is 9.88. The third-order valence-corrected chi connectivity index (χ3v) is 2.43. The normalized spacial score (nSPS) is 18.6.